The van der Waals surface area contributed by atoms with E-state index < -0.39 is 0 Å². The third kappa shape index (κ3) is 4.33. The minimum Gasteiger partial charge on any atom is -0.493 e. The monoisotopic (exact) mass is 419 g/mol. The van der Waals surface area contributed by atoms with Gasteiger partial charge in [0.25, 0.3) is 0 Å². The maximum absolute atomic E-state index is 6.26. The number of ether oxygens (including phenoxy) is 3. The molecule has 31 heavy (non-hydrogen) atoms. The van der Waals surface area contributed by atoms with Crippen LogP contribution in [-0.2, 0) is 14.2 Å². The quantitative estimate of drug-likeness (QED) is 0.546. The van der Waals surface area contributed by atoms with Gasteiger partial charge in [-0.15, -0.1) is 0 Å². The van der Waals surface area contributed by atoms with Crippen molar-refractivity contribution >= 4 is 11.1 Å². The van der Waals surface area contributed by atoms with Crippen molar-refractivity contribution < 1.29 is 14.2 Å². The van der Waals surface area contributed by atoms with Crippen LogP contribution in [0.1, 0.15) is 37.8 Å². The molecular weight excluding hydrogens is 386 g/mol. The van der Waals surface area contributed by atoms with E-state index in [1.54, 1.807) is 0 Å². The van der Waals surface area contributed by atoms with Crippen LogP contribution in [0.4, 0.5) is 0 Å². The summed E-state index contributed by atoms with van der Waals surface area (Å²) >= 11 is 0. The van der Waals surface area contributed by atoms with Crippen molar-refractivity contribution in [1.82, 2.24) is 4.90 Å². The lowest BCUT2D eigenvalue weighted by molar-refractivity contribution is -0.0663. The Labute approximate surface area is 186 Å². The average Bonchev–Trinajstić information content (AvgIpc) is 3.42. The molecule has 0 radical (unpaired) electrons. The third-order valence-corrected chi connectivity index (χ3v) is 6.15. The molecule has 2 aliphatic rings. The van der Waals surface area contributed by atoms with E-state index in [0.29, 0.717) is 26.4 Å². The Morgan fingerprint density at radius 3 is 2.13 bits per heavy atom. The number of hydrogen-bond acceptors (Lipinski definition) is 4. The van der Waals surface area contributed by atoms with Crippen LogP contribution in [0.15, 0.2) is 72.5 Å². The highest BCUT2D eigenvalue weighted by Crippen LogP contribution is 2.50. The van der Waals surface area contributed by atoms with Gasteiger partial charge in [0.15, 0.2) is 6.29 Å². The molecule has 1 aliphatic carbocycles. The van der Waals surface area contributed by atoms with Crippen molar-refractivity contribution in [1.29, 1.82) is 0 Å². The molecule has 0 aromatic heterocycles. The molecule has 4 nitrogen and oxygen atoms in total. The smallest absolute Gasteiger partial charge is 0.170 e. The second-order valence-corrected chi connectivity index (χ2v) is 8.15. The Hall–Kier alpha value is -2.40. The highest BCUT2D eigenvalue weighted by atomic mass is 16.7. The molecule has 0 amide bonds. The molecule has 4 rings (SSSR count). The van der Waals surface area contributed by atoms with Crippen molar-refractivity contribution in [3.63, 3.8) is 0 Å². The van der Waals surface area contributed by atoms with E-state index in [2.05, 4.69) is 92.5 Å². The molecule has 0 bridgehead atoms. The van der Waals surface area contributed by atoms with Crippen LogP contribution in [0.25, 0.3) is 11.1 Å². The summed E-state index contributed by atoms with van der Waals surface area (Å²) in [7, 11) is 2.18. The predicted molar refractivity (Wildman–Crippen MR) is 125 cm³/mol. The Kier molecular flexibility index (Phi) is 6.91. The zero-order chi connectivity index (χ0) is 21.7. The Morgan fingerprint density at radius 1 is 0.935 bits per heavy atom. The first-order valence-electron chi connectivity index (χ1n) is 11.4. The standard InChI is InChI=1S/C27H33NO3/c1-4-16-27(28(3)20-24-30-17-18-31-24)19-23(29-5-2)25(21-12-8-6-9-13-21)26(27)22-14-10-7-11-15-22/h6-15,19,24H,4-5,16-18,20H2,1-3H3. The molecule has 1 unspecified atom stereocenters. The molecular formula is C27H33NO3. The zero-order valence-electron chi connectivity index (χ0n) is 18.8. The van der Waals surface area contributed by atoms with Crippen molar-refractivity contribution in [3.05, 3.63) is 83.6 Å². The van der Waals surface area contributed by atoms with E-state index in [0.717, 1.165) is 18.6 Å². The highest BCUT2D eigenvalue weighted by Gasteiger charge is 2.45. The predicted octanol–water partition coefficient (Wildman–Crippen LogP) is 5.38. The van der Waals surface area contributed by atoms with E-state index in [-0.39, 0.29) is 11.8 Å². The fourth-order valence-electron chi connectivity index (χ4n) is 4.83. The fourth-order valence-corrected chi connectivity index (χ4v) is 4.83. The van der Waals surface area contributed by atoms with Gasteiger partial charge < -0.3 is 14.2 Å². The first-order chi connectivity index (χ1) is 15.2. The van der Waals surface area contributed by atoms with Crippen LogP contribution in [0.5, 0.6) is 0 Å². The molecule has 164 valence electrons. The number of allylic oxidation sites excluding steroid dienone is 1. The van der Waals surface area contributed by atoms with Crippen LogP contribution >= 0.6 is 0 Å². The van der Waals surface area contributed by atoms with Crippen LogP contribution in [0.2, 0.25) is 0 Å². The second kappa shape index (κ2) is 9.82. The van der Waals surface area contributed by atoms with Gasteiger partial charge in [-0.05, 0) is 43.2 Å². The Balaban J connectivity index is 1.91. The number of nitrogens with zero attached hydrogens (tertiary/aromatic N) is 1. The summed E-state index contributed by atoms with van der Waals surface area (Å²) in [5.41, 5.74) is 4.58. The summed E-state index contributed by atoms with van der Waals surface area (Å²) in [6.45, 7) is 6.95. The van der Waals surface area contributed by atoms with Crippen LogP contribution < -0.4 is 0 Å². The topological polar surface area (TPSA) is 30.9 Å². The van der Waals surface area contributed by atoms with Crippen LogP contribution in [0.3, 0.4) is 0 Å². The molecule has 1 heterocycles. The van der Waals surface area contributed by atoms with Gasteiger partial charge in [0.05, 0.1) is 31.9 Å². The van der Waals surface area contributed by atoms with Crippen molar-refractivity contribution in [3.8, 4) is 0 Å². The summed E-state index contributed by atoms with van der Waals surface area (Å²) in [4.78, 5) is 2.39. The normalized spacial score (nSPS) is 21.7. The summed E-state index contributed by atoms with van der Waals surface area (Å²) in [6.07, 6.45) is 4.17. The molecule has 4 heteroatoms. The van der Waals surface area contributed by atoms with Gasteiger partial charge in [-0.1, -0.05) is 74.0 Å². The largest absolute Gasteiger partial charge is 0.493 e. The zero-order valence-corrected chi connectivity index (χ0v) is 18.8. The van der Waals surface area contributed by atoms with Gasteiger partial charge in [-0.2, -0.15) is 0 Å². The van der Waals surface area contributed by atoms with E-state index in [4.69, 9.17) is 14.2 Å². The first kappa shape index (κ1) is 21.8. The number of rotatable bonds is 9. The lowest BCUT2D eigenvalue weighted by atomic mass is 9.80. The van der Waals surface area contributed by atoms with E-state index in [9.17, 15) is 0 Å². The van der Waals surface area contributed by atoms with Crippen LogP contribution in [-0.4, -0.2) is 50.1 Å². The maximum Gasteiger partial charge on any atom is 0.170 e. The van der Waals surface area contributed by atoms with Gasteiger partial charge in [0, 0.05) is 5.57 Å². The summed E-state index contributed by atoms with van der Waals surface area (Å²) in [6, 6.07) is 21.3. The molecule has 0 N–H and O–H groups in total. The van der Waals surface area contributed by atoms with Crippen molar-refractivity contribution in [2.45, 2.75) is 38.5 Å². The fraction of sp³-hybridized carbons (Fsp3) is 0.407. The summed E-state index contributed by atoms with van der Waals surface area (Å²) < 4.78 is 17.9. The maximum atomic E-state index is 6.26. The number of hydrogen-bond donors (Lipinski definition) is 0. The van der Waals surface area contributed by atoms with Crippen molar-refractivity contribution in [2.75, 3.05) is 33.4 Å². The Bertz CT molecular complexity index is 916. The lowest BCUT2D eigenvalue weighted by Gasteiger charge is -2.41. The highest BCUT2D eigenvalue weighted by molar-refractivity contribution is 6.05. The minimum absolute atomic E-state index is 0.194. The van der Waals surface area contributed by atoms with Gasteiger partial charge in [0.1, 0.15) is 5.76 Å². The summed E-state index contributed by atoms with van der Waals surface area (Å²) in [5, 5.41) is 0. The SMILES string of the molecule is CCCC1(N(C)CC2OCCO2)C=C(OCC)C(c2ccccc2)=C1c1ccccc1. The minimum atomic E-state index is -0.304. The van der Waals surface area contributed by atoms with Crippen molar-refractivity contribution in [2.24, 2.45) is 0 Å². The molecule has 1 atom stereocenters. The molecule has 0 saturated carbocycles. The van der Waals surface area contributed by atoms with Crippen LogP contribution in [0, 0.1) is 0 Å². The van der Waals surface area contributed by atoms with E-state index in [1.165, 1.54) is 22.3 Å². The third-order valence-electron chi connectivity index (χ3n) is 6.15. The molecule has 1 saturated heterocycles. The van der Waals surface area contributed by atoms with E-state index >= 15 is 0 Å². The van der Waals surface area contributed by atoms with E-state index in [1.807, 2.05) is 0 Å². The van der Waals surface area contributed by atoms with Gasteiger partial charge >= 0.3 is 0 Å². The number of likely N-dealkylation sites (N-methyl/N-ethyl adjacent to an activating group) is 1. The molecule has 1 aliphatic heterocycles. The van der Waals surface area contributed by atoms with Gasteiger partial charge in [-0.25, -0.2) is 0 Å². The second-order valence-electron chi connectivity index (χ2n) is 8.15. The van der Waals surface area contributed by atoms with Gasteiger partial charge in [0.2, 0.25) is 0 Å². The molecule has 2 aromatic carbocycles. The molecule has 1 fully saturated rings. The lowest BCUT2D eigenvalue weighted by Crippen LogP contribution is -2.48. The average molecular weight is 420 g/mol. The number of benzene rings is 2. The molecule has 0 spiro atoms. The van der Waals surface area contributed by atoms with Gasteiger partial charge in [-0.3, -0.25) is 4.90 Å². The first-order valence-corrected chi connectivity index (χ1v) is 11.4. The summed E-state index contributed by atoms with van der Waals surface area (Å²) in [5.74, 6) is 0.959. The Morgan fingerprint density at radius 2 is 1.55 bits per heavy atom. The molecule has 2 aromatic rings.